The highest BCUT2D eigenvalue weighted by atomic mass is 16.5. The molecule has 0 bridgehead atoms. The summed E-state index contributed by atoms with van der Waals surface area (Å²) < 4.78 is 6.64. The van der Waals surface area contributed by atoms with Crippen LogP contribution in [0.2, 0.25) is 0 Å². The third kappa shape index (κ3) is 1.09. The summed E-state index contributed by atoms with van der Waals surface area (Å²) in [6, 6.07) is 0. The molecule has 2 aromatic rings. The van der Waals surface area contributed by atoms with E-state index in [2.05, 4.69) is 15.2 Å². The van der Waals surface area contributed by atoms with E-state index in [9.17, 15) is 0 Å². The highest BCUT2D eigenvalue weighted by molar-refractivity contribution is 5.49. The van der Waals surface area contributed by atoms with Gasteiger partial charge < -0.3 is 4.52 Å². The number of aromatic nitrogens is 4. The lowest BCUT2D eigenvalue weighted by Crippen LogP contribution is -1.84. The van der Waals surface area contributed by atoms with Crippen molar-refractivity contribution in [2.45, 2.75) is 6.92 Å². The molecule has 62 valence electrons. The SMILES string of the molecule is Cc1noc(-c2cnn(C)c2)n1. The third-order valence-corrected chi connectivity index (χ3v) is 1.48. The molecule has 0 unspecified atom stereocenters. The van der Waals surface area contributed by atoms with Gasteiger partial charge in [0, 0.05) is 13.2 Å². The van der Waals surface area contributed by atoms with Gasteiger partial charge in [-0.2, -0.15) is 10.1 Å². The van der Waals surface area contributed by atoms with Crippen LogP contribution < -0.4 is 0 Å². The predicted octanol–water partition coefficient (Wildman–Crippen LogP) is 0.779. The average Bonchev–Trinajstić information content (AvgIpc) is 2.58. The summed E-state index contributed by atoms with van der Waals surface area (Å²) in [5.41, 5.74) is 0.845. The van der Waals surface area contributed by atoms with E-state index >= 15 is 0 Å². The molecule has 5 heteroatoms. The quantitative estimate of drug-likeness (QED) is 0.624. The summed E-state index contributed by atoms with van der Waals surface area (Å²) >= 11 is 0. The summed E-state index contributed by atoms with van der Waals surface area (Å²) in [6.07, 6.45) is 3.51. The van der Waals surface area contributed by atoms with Gasteiger partial charge in [0.15, 0.2) is 5.82 Å². The second-order valence-corrected chi connectivity index (χ2v) is 2.55. The van der Waals surface area contributed by atoms with Gasteiger partial charge in [0.1, 0.15) is 0 Å². The molecular weight excluding hydrogens is 156 g/mol. The van der Waals surface area contributed by atoms with Crippen LogP contribution in [-0.4, -0.2) is 19.9 Å². The van der Waals surface area contributed by atoms with Crippen molar-refractivity contribution in [3.05, 3.63) is 18.2 Å². The summed E-state index contributed by atoms with van der Waals surface area (Å²) in [7, 11) is 1.84. The van der Waals surface area contributed by atoms with E-state index in [1.54, 1.807) is 17.8 Å². The Morgan fingerprint density at radius 3 is 2.83 bits per heavy atom. The van der Waals surface area contributed by atoms with Gasteiger partial charge >= 0.3 is 0 Å². The Morgan fingerprint density at radius 1 is 1.50 bits per heavy atom. The lowest BCUT2D eigenvalue weighted by molar-refractivity contribution is 0.425. The Bertz CT molecular complexity index is 351. The molecular formula is C7H8N4O. The van der Waals surface area contributed by atoms with Gasteiger partial charge in [0.25, 0.3) is 5.89 Å². The van der Waals surface area contributed by atoms with E-state index < -0.39 is 0 Å². The number of aryl methyl sites for hydroxylation is 2. The molecule has 0 amide bonds. The fraction of sp³-hybridized carbons (Fsp3) is 0.286. The molecule has 0 N–H and O–H groups in total. The first-order chi connectivity index (χ1) is 5.75. The highest BCUT2D eigenvalue weighted by Gasteiger charge is 2.06. The maximum Gasteiger partial charge on any atom is 0.261 e. The molecule has 0 aliphatic heterocycles. The maximum absolute atomic E-state index is 4.95. The minimum Gasteiger partial charge on any atom is -0.334 e. The molecule has 0 atom stereocenters. The predicted molar refractivity (Wildman–Crippen MR) is 41.2 cm³/mol. The molecule has 0 aliphatic rings. The van der Waals surface area contributed by atoms with Crippen LogP contribution in [0.15, 0.2) is 16.9 Å². The minimum atomic E-state index is 0.514. The smallest absolute Gasteiger partial charge is 0.261 e. The van der Waals surface area contributed by atoms with Crippen molar-refractivity contribution in [3.63, 3.8) is 0 Å². The number of hydrogen-bond donors (Lipinski definition) is 0. The zero-order valence-electron chi connectivity index (χ0n) is 6.85. The van der Waals surface area contributed by atoms with E-state index in [-0.39, 0.29) is 0 Å². The largest absolute Gasteiger partial charge is 0.334 e. The fourth-order valence-corrected chi connectivity index (χ4v) is 0.946. The first-order valence-electron chi connectivity index (χ1n) is 3.55. The van der Waals surface area contributed by atoms with Gasteiger partial charge in [-0.25, -0.2) is 0 Å². The second kappa shape index (κ2) is 2.44. The van der Waals surface area contributed by atoms with Gasteiger partial charge in [-0.15, -0.1) is 0 Å². The Hall–Kier alpha value is -1.65. The number of hydrogen-bond acceptors (Lipinski definition) is 4. The Kier molecular flexibility index (Phi) is 1.43. The Morgan fingerprint density at radius 2 is 2.33 bits per heavy atom. The zero-order chi connectivity index (χ0) is 8.55. The van der Waals surface area contributed by atoms with Crippen molar-refractivity contribution < 1.29 is 4.52 Å². The Balaban J connectivity index is 2.43. The van der Waals surface area contributed by atoms with Crippen molar-refractivity contribution >= 4 is 0 Å². The summed E-state index contributed by atoms with van der Waals surface area (Å²) in [5, 5.41) is 7.67. The van der Waals surface area contributed by atoms with Crippen LogP contribution in [0.3, 0.4) is 0 Å². The standard InChI is InChI=1S/C7H8N4O/c1-5-9-7(12-10-5)6-3-8-11(2)4-6/h3-4H,1-2H3. The van der Waals surface area contributed by atoms with Gasteiger partial charge in [-0.3, -0.25) is 4.68 Å². The molecule has 0 aromatic carbocycles. The molecule has 5 nitrogen and oxygen atoms in total. The first kappa shape index (κ1) is 7.02. The van der Waals surface area contributed by atoms with E-state index in [4.69, 9.17) is 4.52 Å². The summed E-state index contributed by atoms with van der Waals surface area (Å²) in [6.45, 7) is 1.78. The van der Waals surface area contributed by atoms with Crippen molar-refractivity contribution in [1.82, 2.24) is 19.9 Å². The van der Waals surface area contributed by atoms with Crippen LogP contribution in [0.5, 0.6) is 0 Å². The van der Waals surface area contributed by atoms with Crippen LogP contribution in [0.1, 0.15) is 5.82 Å². The van der Waals surface area contributed by atoms with Crippen molar-refractivity contribution in [1.29, 1.82) is 0 Å². The van der Waals surface area contributed by atoms with Crippen LogP contribution in [0.25, 0.3) is 11.5 Å². The lowest BCUT2D eigenvalue weighted by atomic mass is 10.4. The molecule has 0 aliphatic carbocycles. The van der Waals surface area contributed by atoms with E-state index in [0.717, 1.165) is 5.56 Å². The highest BCUT2D eigenvalue weighted by Crippen LogP contribution is 2.14. The molecule has 2 aromatic heterocycles. The third-order valence-electron chi connectivity index (χ3n) is 1.48. The van der Waals surface area contributed by atoms with Gasteiger partial charge in [0.2, 0.25) is 0 Å². The van der Waals surface area contributed by atoms with Crippen LogP contribution >= 0.6 is 0 Å². The van der Waals surface area contributed by atoms with Crippen LogP contribution in [0, 0.1) is 6.92 Å². The lowest BCUT2D eigenvalue weighted by Gasteiger charge is -1.82. The molecule has 12 heavy (non-hydrogen) atoms. The van der Waals surface area contributed by atoms with E-state index in [1.807, 2.05) is 13.2 Å². The molecule has 2 rings (SSSR count). The van der Waals surface area contributed by atoms with Crippen LogP contribution in [0.4, 0.5) is 0 Å². The molecule has 2 heterocycles. The molecule has 0 saturated heterocycles. The topological polar surface area (TPSA) is 56.7 Å². The second-order valence-electron chi connectivity index (χ2n) is 2.55. The maximum atomic E-state index is 4.95. The Labute approximate surface area is 69.0 Å². The summed E-state index contributed by atoms with van der Waals surface area (Å²) in [4.78, 5) is 4.06. The number of rotatable bonds is 1. The van der Waals surface area contributed by atoms with Crippen LogP contribution in [-0.2, 0) is 7.05 Å². The molecule has 0 radical (unpaired) electrons. The fourth-order valence-electron chi connectivity index (χ4n) is 0.946. The van der Waals surface area contributed by atoms with Gasteiger partial charge in [-0.05, 0) is 6.92 Å². The first-order valence-corrected chi connectivity index (χ1v) is 3.55. The van der Waals surface area contributed by atoms with Crippen molar-refractivity contribution in [2.75, 3.05) is 0 Å². The van der Waals surface area contributed by atoms with E-state index in [0.29, 0.717) is 11.7 Å². The number of nitrogens with zero attached hydrogens (tertiary/aromatic N) is 4. The molecule has 0 saturated carbocycles. The molecule has 0 spiro atoms. The van der Waals surface area contributed by atoms with E-state index in [1.165, 1.54) is 0 Å². The van der Waals surface area contributed by atoms with Crippen molar-refractivity contribution in [2.24, 2.45) is 7.05 Å². The monoisotopic (exact) mass is 164 g/mol. The van der Waals surface area contributed by atoms with Gasteiger partial charge in [0.05, 0.1) is 11.8 Å². The molecule has 0 fully saturated rings. The average molecular weight is 164 g/mol. The summed E-state index contributed by atoms with van der Waals surface area (Å²) in [5.74, 6) is 1.15. The zero-order valence-corrected chi connectivity index (χ0v) is 6.85. The van der Waals surface area contributed by atoms with Crippen molar-refractivity contribution in [3.8, 4) is 11.5 Å². The normalized spacial score (nSPS) is 10.5. The minimum absolute atomic E-state index is 0.514. The van der Waals surface area contributed by atoms with Gasteiger partial charge in [-0.1, -0.05) is 5.16 Å².